The second-order valence-electron chi connectivity index (χ2n) is 4.01. The molecule has 0 heterocycles. The summed E-state index contributed by atoms with van der Waals surface area (Å²) in [5.74, 6) is -0.120. The molecule has 0 unspecified atom stereocenters. The average molecular weight is 232 g/mol. The van der Waals surface area contributed by atoms with E-state index in [1.54, 1.807) is 18.7 Å². The van der Waals surface area contributed by atoms with E-state index < -0.39 is 5.41 Å². The molecule has 0 saturated carbocycles. The number of aliphatic hydroxyl groups is 1. The number of hydrogen-bond acceptors (Lipinski definition) is 3. The smallest absolute Gasteiger partial charge is 0.235 e. The fraction of sp³-hybridized carbons (Fsp3) is 0.800. The van der Waals surface area contributed by atoms with E-state index in [2.05, 4.69) is 0 Å². The number of rotatable bonds is 6. The van der Waals surface area contributed by atoms with Crippen molar-refractivity contribution in [2.75, 3.05) is 19.7 Å². The Morgan fingerprint density at radius 2 is 2.00 bits per heavy atom. The summed E-state index contributed by atoms with van der Waals surface area (Å²) in [6, 6.07) is 0. The molecular weight excluding hydrogens is 212 g/mol. The first-order chi connectivity index (χ1) is 6.87. The fourth-order valence-corrected chi connectivity index (χ4v) is 1.29. The Morgan fingerprint density at radius 3 is 2.33 bits per heavy atom. The lowest BCUT2D eigenvalue weighted by Gasteiger charge is -2.30. The van der Waals surface area contributed by atoms with Crippen LogP contribution in [0.2, 0.25) is 0 Å². The molecule has 0 aromatic heterocycles. The molecule has 4 nitrogen and oxygen atoms in total. The highest BCUT2D eigenvalue weighted by Crippen LogP contribution is 2.19. The summed E-state index contributed by atoms with van der Waals surface area (Å²) in [6.45, 7) is 6.30. The van der Waals surface area contributed by atoms with E-state index in [-0.39, 0.29) is 17.5 Å². The summed E-state index contributed by atoms with van der Waals surface area (Å²) in [7, 11) is 0. The van der Waals surface area contributed by atoms with Gasteiger partial charge in [0.15, 0.2) is 0 Å². The minimum atomic E-state index is -0.834. The van der Waals surface area contributed by atoms with Crippen molar-refractivity contribution in [1.29, 1.82) is 0 Å². The zero-order valence-electron chi connectivity index (χ0n) is 9.62. The molecule has 0 atom stereocenters. The van der Waals surface area contributed by atoms with Crippen LogP contribution in [0.4, 0.5) is 0 Å². The highest BCUT2D eigenvalue weighted by Gasteiger charge is 2.34. The molecule has 5 heteroatoms. The minimum Gasteiger partial charge on any atom is -0.395 e. The van der Waals surface area contributed by atoms with E-state index in [1.165, 1.54) is 0 Å². The van der Waals surface area contributed by atoms with E-state index in [1.807, 2.05) is 6.92 Å². The van der Waals surface area contributed by atoms with E-state index in [0.29, 0.717) is 13.1 Å². The predicted octanol–water partition coefficient (Wildman–Crippen LogP) is 0.530. The van der Waals surface area contributed by atoms with Crippen molar-refractivity contribution >= 4 is 23.1 Å². The van der Waals surface area contributed by atoms with Crippen LogP contribution < -0.4 is 5.73 Å². The lowest BCUT2D eigenvalue weighted by atomic mass is 9.91. The van der Waals surface area contributed by atoms with E-state index in [9.17, 15) is 4.79 Å². The lowest BCUT2D eigenvalue weighted by Crippen LogP contribution is -2.48. The summed E-state index contributed by atoms with van der Waals surface area (Å²) in [4.78, 5) is 13.8. The molecule has 3 N–H and O–H groups in total. The van der Waals surface area contributed by atoms with Gasteiger partial charge in [0.1, 0.15) is 0 Å². The zero-order valence-corrected chi connectivity index (χ0v) is 10.4. The summed E-state index contributed by atoms with van der Waals surface area (Å²) in [5, 5.41) is 8.86. The van der Waals surface area contributed by atoms with Gasteiger partial charge in [-0.1, -0.05) is 19.1 Å². The maximum absolute atomic E-state index is 12.0. The number of carbonyl (C=O) groups excluding carboxylic acids is 1. The quantitative estimate of drug-likeness (QED) is 0.656. The molecule has 0 rings (SSSR count). The Labute approximate surface area is 96.4 Å². The lowest BCUT2D eigenvalue weighted by molar-refractivity contribution is -0.137. The summed E-state index contributed by atoms with van der Waals surface area (Å²) >= 11 is 4.86. The van der Waals surface area contributed by atoms with Gasteiger partial charge >= 0.3 is 0 Å². The molecule has 0 fully saturated rings. The first kappa shape index (κ1) is 14.3. The highest BCUT2D eigenvalue weighted by molar-refractivity contribution is 7.80. The molecule has 0 spiro atoms. The normalized spacial score (nSPS) is 11.2. The van der Waals surface area contributed by atoms with Crippen LogP contribution in [-0.2, 0) is 4.79 Å². The first-order valence-corrected chi connectivity index (χ1v) is 5.48. The van der Waals surface area contributed by atoms with Crippen LogP contribution in [0.1, 0.15) is 27.2 Å². The number of carbonyl (C=O) groups is 1. The Bertz CT molecular complexity index is 236. The van der Waals surface area contributed by atoms with Crippen LogP contribution in [-0.4, -0.2) is 40.6 Å². The van der Waals surface area contributed by atoms with Crippen LogP contribution in [0.25, 0.3) is 0 Å². The number of amides is 1. The third-order valence-corrected chi connectivity index (χ3v) is 2.81. The molecule has 0 aromatic carbocycles. The second-order valence-corrected chi connectivity index (χ2v) is 4.44. The summed E-state index contributed by atoms with van der Waals surface area (Å²) in [6.07, 6.45) is 0.846. The predicted molar refractivity (Wildman–Crippen MR) is 64.5 cm³/mol. The third kappa shape index (κ3) is 3.76. The van der Waals surface area contributed by atoms with Crippen molar-refractivity contribution in [2.45, 2.75) is 27.2 Å². The molecule has 1 amide bonds. The molecule has 0 aliphatic carbocycles. The van der Waals surface area contributed by atoms with Crippen LogP contribution in [0.5, 0.6) is 0 Å². The molecule has 0 aliphatic rings. The molecule has 0 aliphatic heterocycles. The van der Waals surface area contributed by atoms with Gasteiger partial charge in [0, 0.05) is 13.1 Å². The third-order valence-electron chi connectivity index (χ3n) is 2.30. The maximum atomic E-state index is 12.0. The van der Waals surface area contributed by atoms with Crippen molar-refractivity contribution in [1.82, 2.24) is 4.90 Å². The Hall–Kier alpha value is -0.680. The van der Waals surface area contributed by atoms with Crippen molar-refractivity contribution in [3.8, 4) is 0 Å². The van der Waals surface area contributed by atoms with Gasteiger partial charge in [-0.25, -0.2) is 0 Å². The minimum absolute atomic E-state index is 0.0425. The molecule has 88 valence electrons. The monoisotopic (exact) mass is 232 g/mol. The molecular formula is C10H20N2O2S. The van der Waals surface area contributed by atoms with Crippen molar-refractivity contribution in [3.63, 3.8) is 0 Å². The van der Waals surface area contributed by atoms with E-state index in [0.717, 1.165) is 6.42 Å². The van der Waals surface area contributed by atoms with Gasteiger partial charge < -0.3 is 15.7 Å². The number of hydrogen-bond donors (Lipinski definition) is 2. The fourth-order valence-electron chi connectivity index (χ4n) is 1.21. The second kappa shape index (κ2) is 6.02. The topological polar surface area (TPSA) is 66.6 Å². The Morgan fingerprint density at radius 1 is 1.47 bits per heavy atom. The molecule has 0 aromatic rings. The summed E-state index contributed by atoms with van der Waals surface area (Å²) < 4.78 is 0. The zero-order chi connectivity index (χ0) is 12.1. The molecule has 0 saturated heterocycles. The van der Waals surface area contributed by atoms with E-state index >= 15 is 0 Å². The Kier molecular flexibility index (Phi) is 5.75. The van der Waals surface area contributed by atoms with Crippen LogP contribution in [0, 0.1) is 5.41 Å². The van der Waals surface area contributed by atoms with Gasteiger partial charge in [-0.2, -0.15) is 0 Å². The standard InChI is InChI=1S/C10H20N2O2S/c1-4-5-12(6-7-13)9(14)10(2,3)8(11)15/h13H,4-7H2,1-3H3,(H2,11,15). The Balaban J connectivity index is 4.68. The summed E-state index contributed by atoms with van der Waals surface area (Å²) in [5.41, 5.74) is 4.69. The maximum Gasteiger partial charge on any atom is 0.235 e. The number of nitrogens with two attached hydrogens (primary N) is 1. The van der Waals surface area contributed by atoms with Crippen LogP contribution in [0.15, 0.2) is 0 Å². The average Bonchev–Trinajstić information content (AvgIpc) is 2.16. The first-order valence-electron chi connectivity index (χ1n) is 5.08. The van der Waals surface area contributed by atoms with Crippen molar-refractivity contribution < 1.29 is 9.90 Å². The molecule has 15 heavy (non-hydrogen) atoms. The van der Waals surface area contributed by atoms with Crippen LogP contribution in [0.3, 0.4) is 0 Å². The molecule has 0 bridgehead atoms. The van der Waals surface area contributed by atoms with Gasteiger partial charge in [0.2, 0.25) is 5.91 Å². The number of nitrogens with zero attached hydrogens (tertiary/aromatic N) is 1. The van der Waals surface area contributed by atoms with Crippen molar-refractivity contribution in [3.05, 3.63) is 0 Å². The molecule has 0 radical (unpaired) electrons. The number of thiocarbonyl (C=S) groups is 1. The van der Waals surface area contributed by atoms with Gasteiger partial charge in [-0.3, -0.25) is 4.79 Å². The van der Waals surface area contributed by atoms with Gasteiger partial charge in [-0.05, 0) is 20.3 Å². The SMILES string of the molecule is CCCN(CCO)C(=O)C(C)(C)C(N)=S. The van der Waals surface area contributed by atoms with E-state index in [4.69, 9.17) is 23.1 Å². The van der Waals surface area contributed by atoms with Crippen molar-refractivity contribution in [2.24, 2.45) is 11.1 Å². The van der Waals surface area contributed by atoms with Gasteiger partial charge in [0.05, 0.1) is 17.0 Å². The van der Waals surface area contributed by atoms with Gasteiger partial charge in [-0.15, -0.1) is 0 Å². The largest absolute Gasteiger partial charge is 0.395 e. The van der Waals surface area contributed by atoms with Gasteiger partial charge in [0.25, 0.3) is 0 Å². The highest BCUT2D eigenvalue weighted by atomic mass is 32.1. The number of aliphatic hydroxyl groups excluding tert-OH is 1. The van der Waals surface area contributed by atoms with Crippen LogP contribution >= 0.6 is 12.2 Å².